The van der Waals surface area contributed by atoms with Crippen LogP contribution in [-0.2, 0) is 23.7 Å². The summed E-state index contributed by atoms with van der Waals surface area (Å²) in [6.07, 6.45) is 53.5. The van der Waals surface area contributed by atoms with E-state index in [1.165, 1.54) is 103 Å². The summed E-state index contributed by atoms with van der Waals surface area (Å²) < 4.78 is 22.9. The molecule has 370 valence electrons. The quantitative estimate of drug-likeness (QED) is 0.0268. The molecule has 1 aliphatic rings. The highest BCUT2D eigenvalue weighted by atomic mass is 16.7. The molecule has 0 spiro atoms. The lowest BCUT2D eigenvalue weighted by atomic mass is 9.99. The van der Waals surface area contributed by atoms with Gasteiger partial charge < -0.3 is 39.4 Å². The molecule has 9 nitrogen and oxygen atoms in total. The average Bonchev–Trinajstić information content (AvgIpc) is 3.30. The van der Waals surface area contributed by atoms with Crippen LogP contribution >= 0.6 is 0 Å². The Morgan fingerprint density at radius 1 is 0.500 bits per heavy atom. The van der Waals surface area contributed by atoms with E-state index in [4.69, 9.17) is 18.9 Å². The first-order valence-electron chi connectivity index (χ1n) is 26.0. The first-order chi connectivity index (χ1) is 31.4. The molecular formula is C55H96O9. The number of ether oxygens (including phenoxy) is 4. The van der Waals surface area contributed by atoms with Crippen LogP contribution < -0.4 is 0 Å². The number of aliphatic hydroxyl groups excluding tert-OH is 4. The third-order valence-corrected chi connectivity index (χ3v) is 11.6. The molecule has 6 unspecified atom stereocenters. The Morgan fingerprint density at radius 3 is 1.39 bits per heavy atom. The van der Waals surface area contributed by atoms with Crippen LogP contribution in [0.2, 0.25) is 0 Å². The topological polar surface area (TPSA) is 135 Å². The largest absolute Gasteiger partial charge is 0.457 e. The normalized spacial score (nSPS) is 20.1. The van der Waals surface area contributed by atoms with Gasteiger partial charge in [0.1, 0.15) is 30.5 Å². The van der Waals surface area contributed by atoms with Crippen LogP contribution in [0, 0.1) is 0 Å². The lowest BCUT2D eigenvalue weighted by Gasteiger charge is -2.39. The maximum atomic E-state index is 12.8. The van der Waals surface area contributed by atoms with Crippen LogP contribution in [0.5, 0.6) is 0 Å². The Morgan fingerprint density at radius 2 is 0.906 bits per heavy atom. The number of carbonyl (C=O) groups is 1. The van der Waals surface area contributed by atoms with Crippen molar-refractivity contribution in [3.8, 4) is 0 Å². The first-order valence-corrected chi connectivity index (χ1v) is 26.0. The summed E-state index contributed by atoms with van der Waals surface area (Å²) in [7, 11) is 0. The van der Waals surface area contributed by atoms with Crippen LogP contribution in [0.15, 0.2) is 72.9 Å². The van der Waals surface area contributed by atoms with Crippen molar-refractivity contribution >= 4 is 5.97 Å². The number of esters is 1. The molecule has 0 aromatic heterocycles. The number of allylic oxidation sites excluding steroid dienone is 12. The molecule has 1 heterocycles. The standard InChI is InChI=1S/C55H96O9/c1-3-5-7-9-11-13-15-17-19-21-23-24-25-27-29-31-33-35-37-39-41-43-45-61-47-49(48-62-55-54(60)53(59)52(58)50(46-56)64-55)63-51(57)44-42-40-38-36-34-32-30-28-26-22-20-18-16-14-12-10-8-6-4-2/h12,14-15,17-18,20-21,23,25-28,49-50,52-56,58-60H,3-11,13,16,19,22,24,29-48H2,1-2H3/b14-12-,17-15-,20-18-,23-21-,27-25-,28-26-. The fourth-order valence-electron chi connectivity index (χ4n) is 7.51. The Hall–Kier alpha value is -2.37. The van der Waals surface area contributed by atoms with E-state index in [1.54, 1.807) is 0 Å². The number of rotatable bonds is 44. The second-order valence-corrected chi connectivity index (χ2v) is 17.6. The lowest BCUT2D eigenvalue weighted by Crippen LogP contribution is -2.59. The summed E-state index contributed by atoms with van der Waals surface area (Å²) in [4.78, 5) is 12.8. The average molecular weight is 901 g/mol. The number of hydrogen-bond donors (Lipinski definition) is 4. The number of aliphatic hydroxyl groups is 4. The van der Waals surface area contributed by atoms with Crippen LogP contribution in [0.4, 0.5) is 0 Å². The zero-order chi connectivity index (χ0) is 46.4. The zero-order valence-electron chi connectivity index (χ0n) is 40.8. The van der Waals surface area contributed by atoms with Gasteiger partial charge in [-0.05, 0) is 89.9 Å². The highest BCUT2D eigenvalue weighted by Crippen LogP contribution is 2.22. The number of unbranched alkanes of at least 4 members (excludes halogenated alkanes) is 21. The lowest BCUT2D eigenvalue weighted by molar-refractivity contribution is -0.305. The van der Waals surface area contributed by atoms with E-state index in [2.05, 4.69) is 86.8 Å². The predicted molar refractivity (Wildman–Crippen MR) is 265 cm³/mol. The van der Waals surface area contributed by atoms with E-state index >= 15 is 0 Å². The van der Waals surface area contributed by atoms with E-state index in [0.29, 0.717) is 13.0 Å². The van der Waals surface area contributed by atoms with Gasteiger partial charge in [0.25, 0.3) is 0 Å². The maximum Gasteiger partial charge on any atom is 0.306 e. The maximum absolute atomic E-state index is 12.8. The molecule has 0 radical (unpaired) electrons. The second kappa shape index (κ2) is 45.8. The van der Waals surface area contributed by atoms with Gasteiger partial charge in [-0.15, -0.1) is 0 Å². The molecule has 0 saturated carbocycles. The van der Waals surface area contributed by atoms with Crippen molar-refractivity contribution in [1.29, 1.82) is 0 Å². The third kappa shape index (κ3) is 35.8. The van der Waals surface area contributed by atoms with Crippen LogP contribution in [-0.4, -0.2) is 89.6 Å². The molecule has 1 saturated heterocycles. The molecule has 64 heavy (non-hydrogen) atoms. The van der Waals surface area contributed by atoms with Gasteiger partial charge in [0.15, 0.2) is 6.29 Å². The summed E-state index contributed by atoms with van der Waals surface area (Å²) >= 11 is 0. The fraction of sp³-hybridized carbons (Fsp3) is 0.764. The van der Waals surface area contributed by atoms with Crippen LogP contribution in [0.1, 0.15) is 206 Å². The Labute approximate surface area is 391 Å². The summed E-state index contributed by atoms with van der Waals surface area (Å²) in [6.45, 7) is 4.48. The molecule has 6 atom stereocenters. The van der Waals surface area contributed by atoms with Crippen molar-refractivity contribution in [1.82, 2.24) is 0 Å². The molecule has 0 bridgehead atoms. The molecule has 1 rings (SSSR count). The van der Waals surface area contributed by atoms with Gasteiger partial charge in [-0.2, -0.15) is 0 Å². The van der Waals surface area contributed by atoms with Crippen molar-refractivity contribution in [2.75, 3.05) is 26.4 Å². The molecule has 4 N–H and O–H groups in total. The van der Waals surface area contributed by atoms with Crippen LogP contribution in [0.25, 0.3) is 0 Å². The van der Waals surface area contributed by atoms with Crippen molar-refractivity contribution < 1.29 is 44.2 Å². The van der Waals surface area contributed by atoms with Crippen LogP contribution in [0.3, 0.4) is 0 Å². The van der Waals surface area contributed by atoms with E-state index in [1.807, 2.05) is 0 Å². The zero-order valence-corrected chi connectivity index (χ0v) is 40.8. The molecule has 0 aromatic rings. The minimum Gasteiger partial charge on any atom is -0.457 e. The number of hydrogen-bond acceptors (Lipinski definition) is 9. The van der Waals surface area contributed by atoms with Gasteiger partial charge in [-0.3, -0.25) is 4.79 Å². The Kier molecular flexibility index (Phi) is 42.7. The van der Waals surface area contributed by atoms with Gasteiger partial charge in [0, 0.05) is 13.0 Å². The monoisotopic (exact) mass is 901 g/mol. The summed E-state index contributed by atoms with van der Waals surface area (Å²) in [6, 6.07) is 0. The minimum absolute atomic E-state index is 0.126. The first kappa shape index (κ1) is 59.6. The van der Waals surface area contributed by atoms with Crippen molar-refractivity contribution in [3.63, 3.8) is 0 Å². The van der Waals surface area contributed by atoms with E-state index < -0.39 is 43.4 Å². The Bertz CT molecular complexity index is 1210. The molecule has 1 fully saturated rings. The fourth-order valence-corrected chi connectivity index (χ4v) is 7.51. The second-order valence-electron chi connectivity index (χ2n) is 17.6. The summed E-state index contributed by atoms with van der Waals surface area (Å²) in [5, 5.41) is 40.3. The molecule has 0 aliphatic carbocycles. The summed E-state index contributed by atoms with van der Waals surface area (Å²) in [5.41, 5.74) is 0. The van der Waals surface area contributed by atoms with Gasteiger partial charge in [0.2, 0.25) is 0 Å². The van der Waals surface area contributed by atoms with Crippen molar-refractivity contribution in [2.24, 2.45) is 0 Å². The smallest absolute Gasteiger partial charge is 0.306 e. The molecule has 0 amide bonds. The molecule has 9 heteroatoms. The highest BCUT2D eigenvalue weighted by molar-refractivity contribution is 5.69. The number of carbonyl (C=O) groups excluding carboxylic acids is 1. The molecule has 0 aromatic carbocycles. The highest BCUT2D eigenvalue weighted by Gasteiger charge is 2.44. The van der Waals surface area contributed by atoms with Gasteiger partial charge in [-0.25, -0.2) is 0 Å². The predicted octanol–water partition coefficient (Wildman–Crippen LogP) is 12.8. The molecule has 1 aliphatic heterocycles. The van der Waals surface area contributed by atoms with Crippen molar-refractivity contribution in [3.05, 3.63) is 72.9 Å². The van der Waals surface area contributed by atoms with E-state index in [-0.39, 0.29) is 19.2 Å². The molecular weight excluding hydrogens is 805 g/mol. The Balaban J connectivity index is 2.24. The minimum atomic E-state index is -1.55. The summed E-state index contributed by atoms with van der Waals surface area (Å²) in [5.74, 6) is -0.331. The van der Waals surface area contributed by atoms with Gasteiger partial charge in [0.05, 0.1) is 19.8 Å². The van der Waals surface area contributed by atoms with Gasteiger partial charge in [-0.1, -0.05) is 183 Å². The van der Waals surface area contributed by atoms with Gasteiger partial charge >= 0.3 is 5.97 Å². The van der Waals surface area contributed by atoms with E-state index in [9.17, 15) is 25.2 Å². The SMILES string of the molecule is CCCCC/C=C\C/C=C\C/C=C\CCCCCCCCC(=O)OC(COCCCCCCCCC/C=C\C/C=C\C/C=C\CCCCCCC)COC1OC(CO)C(O)C(O)C1O. The third-order valence-electron chi connectivity index (χ3n) is 11.6. The van der Waals surface area contributed by atoms with E-state index in [0.717, 1.165) is 83.5 Å². The van der Waals surface area contributed by atoms with Crippen molar-refractivity contribution in [2.45, 2.75) is 243 Å².